The molecular weight excluding hydrogens is 360 g/mol. The van der Waals surface area contributed by atoms with Gasteiger partial charge in [-0.25, -0.2) is 0 Å². The molecule has 1 heterocycles. The zero-order chi connectivity index (χ0) is 20.7. The molecular formula is C21H32N2O5. The summed E-state index contributed by atoms with van der Waals surface area (Å²) >= 11 is 0. The van der Waals surface area contributed by atoms with Gasteiger partial charge in [-0.1, -0.05) is 13.8 Å². The van der Waals surface area contributed by atoms with Crippen molar-refractivity contribution in [2.75, 3.05) is 47.0 Å². The number of benzene rings is 1. The highest BCUT2D eigenvalue weighted by Gasteiger charge is 2.28. The molecule has 2 rings (SSSR count). The lowest BCUT2D eigenvalue weighted by Crippen LogP contribution is -2.52. The molecule has 0 aliphatic carbocycles. The number of hydrogen-bond acceptors (Lipinski definition) is 5. The van der Waals surface area contributed by atoms with Gasteiger partial charge in [0.2, 0.25) is 0 Å². The first-order chi connectivity index (χ1) is 13.3. The van der Waals surface area contributed by atoms with Crippen LogP contribution in [0.25, 0.3) is 0 Å². The van der Waals surface area contributed by atoms with E-state index in [0.717, 1.165) is 6.42 Å². The molecule has 1 saturated heterocycles. The normalized spacial score (nSPS) is 15.5. The largest absolute Gasteiger partial charge is 0.497 e. The van der Waals surface area contributed by atoms with Gasteiger partial charge >= 0.3 is 0 Å². The fraction of sp³-hybridized carbons (Fsp3) is 0.619. The molecule has 0 aromatic heterocycles. The van der Waals surface area contributed by atoms with E-state index in [4.69, 9.17) is 14.2 Å². The van der Waals surface area contributed by atoms with Crippen LogP contribution in [0.4, 0.5) is 0 Å². The highest BCUT2D eigenvalue weighted by atomic mass is 16.5. The predicted octanol–water partition coefficient (Wildman–Crippen LogP) is 2.44. The minimum atomic E-state index is -0.455. The Balaban J connectivity index is 1.91. The van der Waals surface area contributed by atoms with Gasteiger partial charge in [0.25, 0.3) is 11.8 Å². The van der Waals surface area contributed by atoms with Crippen LogP contribution < -0.4 is 9.47 Å². The first kappa shape index (κ1) is 22.0. The standard InChI is InChI=1S/C21H32N2O5/c1-15(2)6-11-28-16(3)20(24)22-7-9-23(10-8-22)21(25)17-12-18(26-4)14-19(13-17)27-5/h12-16H,6-11H2,1-5H3. The smallest absolute Gasteiger partial charge is 0.254 e. The van der Waals surface area contributed by atoms with Gasteiger partial charge < -0.3 is 24.0 Å². The molecule has 7 nitrogen and oxygen atoms in total. The molecule has 1 fully saturated rings. The van der Waals surface area contributed by atoms with E-state index in [0.29, 0.717) is 55.8 Å². The van der Waals surface area contributed by atoms with Crippen molar-refractivity contribution in [3.05, 3.63) is 23.8 Å². The summed E-state index contributed by atoms with van der Waals surface area (Å²) < 4.78 is 16.1. The Bertz CT molecular complexity index is 647. The number of amides is 2. The summed E-state index contributed by atoms with van der Waals surface area (Å²) in [6.45, 7) is 8.62. The highest BCUT2D eigenvalue weighted by Crippen LogP contribution is 2.24. The molecule has 1 aliphatic rings. The van der Waals surface area contributed by atoms with Crippen LogP contribution in [0.1, 0.15) is 37.6 Å². The van der Waals surface area contributed by atoms with Crippen molar-refractivity contribution >= 4 is 11.8 Å². The second kappa shape index (κ2) is 10.3. The van der Waals surface area contributed by atoms with Gasteiger partial charge in [0.05, 0.1) is 14.2 Å². The molecule has 1 aromatic carbocycles. The molecule has 1 atom stereocenters. The molecule has 1 unspecified atom stereocenters. The van der Waals surface area contributed by atoms with Gasteiger partial charge in [0.15, 0.2) is 0 Å². The van der Waals surface area contributed by atoms with Crippen LogP contribution >= 0.6 is 0 Å². The van der Waals surface area contributed by atoms with E-state index in [-0.39, 0.29) is 11.8 Å². The Morgan fingerprint density at radius 1 is 0.929 bits per heavy atom. The summed E-state index contributed by atoms with van der Waals surface area (Å²) in [6.07, 6.45) is 0.479. The maximum atomic E-state index is 12.8. The van der Waals surface area contributed by atoms with E-state index in [2.05, 4.69) is 13.8 Å². The molecule has 0 spiro atoms. The molecule has 0 saturated carbocycles. The first-order valence-corrected chi connectivity index (χ1v) is 9.78. The Morgan fingerprint density at radius 3 is 1.96 bits per heavy atom. The van der Waals surface area contributed by atoms with E-state index >= 15 is 0 Å². The number of nitrogens with zero attached hydrogens (tertiary/aromatic N) is 2. The Kier molecular flexibility index (Phi) is 8.11. The number of piperazine rings is 1. The van der Waals surface area contributed by atoms with Gasteiger partial charge in [-0.2, -0.15) is 0 Å². The van der Waals surface area contributed by atoms with E-state index < -0.39 is 6.10 Å². The van der Waals surface area contributed by atoms with Crippen molar-refractivity contribution in [3.63, 3.8) is 0 Å². The average Bonchev–Trinajstić information content (AvgIpc) is 2.71. The van der Waals surface area contributed by atoms with Gasteiger partial charge in [-0.3, -0.25) is 9.59 Å². The fourth-order valence-electron chi connectivity index (χ4n) is 3.05. The van der Waals surface area contributed by atoms with E-state index in [1.165, 1.54) is 0 Å². The van der Waals surface area contributed by atoms with Crippen molar-refractivity contribution in [1.82, 2.24) is 9.80 Å². The second-order valence-corrected chi connectivity index (χ2v) is 7.41. The van der Waals surface area contributed by atoms with Gasteiger partial charge in [-0.15, -0.1) is 0 Å². The summed E-state index contributed by atoms with van der Waals surface area (Å²) in [5, 5.41) is 0. The summed E-state index contributed by atoms with van der Waals surface area (Å²) in [4.78, 5) is 28.9. The molecule has 7 heteroatoms. The Hall–Kier alpha value is -2.28. The quantitative estimate of drug-likeness (QED) is 0.680. The number of carbonyl (C=O) groups excluding carboxylic acids is 2. The lowest BCUT2D eigenvalue weighted by Gasteiger charge is -2.36. The zero-order valence-corrected chi connectivity index (χ0v) is 17.6. The third-order valence-electron chi connectivity index (χ3n) is 4.89. The van der Waals surface area contributed by atoms with Crippen LogP contribution in [0, 0.1) is 5.92 Å². The monoisotopic (exact) mass is 392 g/mol. The molecule has 1 aromatic rings. The first-order valence-electron chi connectivity index (χ1n) is 9.78. The van der Waals surface area contributed by atoms with Crippen LogP contribution in [0.2, 0.25) is 0 Å². The molecule has 0 N–H and O–H groups in total. The van der Waals surface area contributed by atoms with Crippen LogP contribution in [0.3, 0.4) is 0 Å². The molecule has 156 valence electrons. The topological polar surface area (TPSA) is 68.3 Å². The Labute approximate surface area is 167 Å². The van der Waals surface area contributed by atoms with Crippen LogP contribution in [0.5, 0.6) is 11.5 Å². The average molecular weight is 392 g/mol. The number of ether oxygens (including phenoxy) is 3. The van der Waals surface area contributed by atoms with Crippen molar-refractivity contribution in [2.45, 2.75) is 33.3 Å². The van der Waals surface area contributed by atoms with Crippen molar-refractivity contribution < 1.29 is 23.8 Å². The predicted molar refractivity (Wildman–Crippen MR) is 107 cm³/mol. The van der Waals surface area contributed by atoms with E-state index in [1.807, 2.05) is 0 Å². The lowest BCUT2D eigenvalue weighted by molar-refractivity contribution is -0.144. The van der Waals surface area contributed by atoms with Gasteiger partial charge in [0, 0.05) is 44.4 Å². The van der Waals surface area contributed by atoms with Crippen molar-refractivity contribution in [3.8, 4) is 11.5 Å². The lowest BCUT2D eigenvalue weighted by atomic mass is 10.1. The van der Waals surface area contributed by atoms with Crippen LogP contribution in [0.15, 0.2) is 18.2 Å². The third kappa shape index (κ3) is 5.86. The highest BCUT2D eigenvalue weighted by molar-refractivity contribution is 5.95. The maximum absolute atomic E-state index is 12.8. The molecule has 28 heavy (non-hydrogen) atoms. The van der Waals surface area contributed by atoms with Crippen LogP contribution in [-0.4, -0.2) is 74.7 Å². The third-order valence-corrected chi connectivity index (χ3v) is 4.89. The van der Waals surface area contributed by atoms with Crippen molar-refractivity contribution in [2.24, 2.45) is 5.92 Å². The van der Waals surface area contributed by atoms with Gasteiger partial charge in [-0.05, 0) is 31.4 Å². The second-order valence-electron chi connectivity index (χ2n) is 7.41. The summed E-state index contributed by atoms with van der Waals surface area (Å²) in [7, 11) is 3.11. The number of carbonyl (C=O) groups is 2. The minimum Gasteiger partial charge on any atom is -0.497 e. The summed E-state index contributed by atoms with van der Waals surface area (Å²) in [5.74, 6) is 1.59. The summed E-state index contributed by atoms with van der Waals surface area (Å²) in [6, 6.07) is 5.13. The molecule has 2 amide bonds. The van der Waals surface area contributed by atoms with Crippen molar-refractivity contribution in [1.29, 1.82) is 0 Å². The van der Waals surface area contributed by atoms with E-state index in [9.17, 15) is 9.59 Å². The van der Waals surface area contributed by atoms with Crippen LogP contribution in [-0.2, 0) is 9.53 Å². The molecule has 1 aliphatic heterocycles. The zero-order valence-electron chi connectivity index (χ0n) is 17.6. The molecule has 0 radical (unpaired) electrons. The number of methoxy groups -OCH3 is 2. The number of hydrogen-bond donors (Lipinski definition) is 0. The van der Waals surface area contributed by atoms with E-state index in [1.54, 1.807) is 49.1 Å². The molecule has 0 bridgehead atoms. The van der Waals surface area contributed by atoms with Gasteiger partial charge in [0.1, 0.15) is 17.6 Å². The number of rotatable bonds is 8. The maximum Gasteiger partial charge on any atom is 0.254 e. The Morgan fingerprint density at radius 2 is 1.46 bits per heavy atom. The fourth-order valence-corrected chi connectivity index (χ4v) is 3.05. The SMILES string of the molecule is COc1cc(OC)cc(C(=O)N2CCN(C(=O)C(C)OCCC(C)C)CC2)c1. The minimum absolute atomic E-state index is 0.0149. The summed E-state index contributed by atoms with van der Waals surface area (Å²) in [5.41, 5.74) is 0.515.